The van der Waals surface area contributed by atoms with Crippen molar-refractivity contribution >= 4 is 22.7 Å². The third-order valence-corrected chi connectivity index (χ3v) is 5.10. The molecule has 2 aromatic carbocycles. The summed E-state index contributed by atoms with van der Waals surface area (Å²) in [6.45, 7) is 0.658. The average molecular weight is 385 g/mol. The molecule has 0 fully saturated rings. The minimum absolute atomic E-state index is 0.259. The molecule has 142 valence electrons. The molecule has 0 spiro atoms. The molecule has 6 heteroatoms. The molecule has 1 N–H and O–H groups in total. The van der Waals surface area contributed by atoms with Crippen molar-refractivity contribution in [2.24, 2.45) is 0 Å². The van der Waals surface area contributed by atoms with Gasteiger partial charge in [-0.2, -0.15) is 0 Å². The number of hydrogen-bond donors (Lipinski definition) is 1. The Balaban J connectivity index is 1.46. The highest BCUT2D eigenvalue weighted by Gasteiger charge is 2.09. The number of aromatic nitrogens is 1. The van der Waals surface area contributed by atoms with Gasteiger partial charge in [0.1, 0.15) is 0 Å². The lowest BCUT2D eigenvalue weighted by Crippen LogP contribution is -2.18. The van der Waals surface area contributed by atoms with Gasteiger partial charge in [0.15, 0.2) is 11.5 Å². The molecule has 3 rings (SSSR count). The molecule has 0 amide bonds. The van der Waals surface area contributed by atoms with Crippen LogP contribution in [0.15, 0.2) is 59.6 Å². The molecule has 0 radical (unpaired) electrons. The van der Waals surface area contributed by atoms with Crippen molar-refractivity contribution in [3.8, 4) is 11.5 Å². The zero-order valence-corrected chi connectivity index (χ0v) is 16.2. The predicted molar refractivity (Wildman–Crippen MR) is 108 cm³/mol. The van der Waals surface area contributed by atoms with E-state index in [-0.39, 0.29) is 6.61 Å². The SMILES string of the molecule is COc1ccc(COC[C@@H](O)CSc2ccc3ccccc3n2)cc1OC. The molecule has 1 heterocycles. The largest absolute Gasteiger partial charge is 0.493 e. The maximum atomic E-state index is 10.2. The van der Waals surface area contributed by atoms with Crippen molar-refractivity contribution in [2.45, 2.75) is 17.7 Å². The maximum Gasteiger partial charge on any atom is 0.161 e. The lowest BCUT2D eigenvalue weighted by atomic mass is 10.2. The van der Waals surface area contributed by atoms with E-state index in [1.54, 1.807) is 14.2 Å². The first kappa shape index (κ1) is 19.5. The number of aliphatic hydroxyl groups excluding tert-OH is 1. The Bertz CT molecular complexity index is 887. The van der Waals surface area contributed by atoms with Crippen LogP contribution in [0.25, 0.3) is 10.9 Å². The summed E-state index contributed by atoms with van der Waals surface area (Å²) in [5.41, 5.74) is 1.92. The molecule has 0 saturated carbocycles. The van der Waals surface area contributed by atoms with Crippen LogP contribution >= 0.6 is 11.8 Å². The Kier molecular flexibility index (Phi) is 6.92. The summed E-state index contributed by atoms with van der Waals surface area (Å²) < 4.78 is 16.1. The number of thioether (sulfide) groups is 1. The highest BCUT2D eigenvalue weighted by Crippen LogP contribution is 2.28. The summed E-state index contributed by atoms with van der Waals surface area (Å²) in [4.78, 5) is 4.60. The fraction of sp³-hybridized carbons (Fsp3) is 0.286. The molecule has 0 unspecified atom stereocenters. The summed E-state index contributed by atoms with van der Waals surface area (Å²) in [5.74, 6) is 1.87. The second-order valence-corrected chi connectivity index (χ2v) is 7.05. The first-order valence-corrected chi connectivity index (χ1v) is 9.63. The number of nitrogens with zero attached hydrogens (tertiary/aromatic N) is 1. The van der Waals surface area contributed by atoms with Crippen molar-refractivity contribution in [2.75, 3.05) is 26.6 Å². The van der Waals surface area contributed by atoms with E-state index in [4.69, 9.17) is 14.2 Å². The second kappa shape index (κ2) is 9.60. The minimum atomic E-state index is -0.566. The maximum absolute atomic E-state index is 10.2. The predicted octanol–water partition coefficient (Wildman–Crippen LogP) is 3.92. The lowest BCUT2D eigenvalue weighted by molar-refractivity contribution is 0.0397. The number of aliphatic hydroxyl groups is 1. The topological polar surface area (TPSA) is 60.8 Å². The smallest absolute Gasteiger partial charge is 0.161 e. The van der Waals surface area contributed by atoms with Crippen LogP contribution in [-0.2, 0) is 11.3 Å². The third-order valence-electron chi connectivity index (χ3n) is 4.02. The van der Waals surface area contributed by atoms with Gasteiger partial charge in [-0.25, -0.2) is 4.98 Å². The van der Waals surface area contributed by atoms with Crippen LogP contribution in [0.4, 0.5) is 0 Å². The first-order valence-electron chi connectivity index (χ1n) is 8.65. The molecule has 0 aliphatic rings. The highest BCUT2D eigenvalue weighted by molar-refractivity contribution is 7.99. The molecule has 0 aliphatic heterocycles. The van der Waals surface area contributed by atoms with E-state index in [1.165, 1.54) is 11.8 Å². The van der Waals surface area contributed by atoms with Gasteiger partial charge in [0.25, 0.3) is 0 Å². The summed E-state index contributed by atoms with van der Waals surface area (Å²) in [7, 11) is 3.21. The Morgan fingerprint density at radius 1 is 1.00 bits per heavy atom. The summed E-state index contributed by atoms with van der Waals surface area (Å²) >= 11 is 1.52. The number of ether oxygens (including phenoxy) is 3. The zero-order valence-electron chi connectivity index (χ0n) is 15.4. The van der Waals surface area contributed by atoms with E-state index in [9.17, 15) is 5.11 Å². The molecule has 0 bridgehead atoms. The average Bonchev–Trinajstić information content (AvgIpc) is 2.72. The van der Waals surface area contributed by atoms with Crippen molar-refractivity contribution in [3.63, 3.8) is 0 Å². The van der Waals surface area contributed by atoms with Gasteiger partial charge in [0.05, 0.1) is 44.1 Å². The van der Waals surface area contributed by atoms with Crippen molar-refractivity contribution < 1.29 is 19.3 Å². The number of methoxy groups -OCH3 is 2. The second-order valence-electron chi connectivity index (χ2n) is 6.01. The van der Waals surface area contributed by atoms with Crippen molar-refractivity contribution in [3.05, 3.63) is 60.2 Å². The number of pyridine rings is 1. The highest BCUT2D eigenvalue weighted by atomic mass is 32.2. The van der Waals surface area contributed by atoms with E-state index in [1.807, 2.05) is 54.6 Å². The monoisotopic (exact) mass is 385 g/mol. The Labute approximate surface area is 163 Å². The lowest BCUT2D eigenvalue weighted by Gasteiger charge is -2.12. The number of fused-ring (bicyclic) bond motifs is 1. The zero-order chi connectivity index (χ0) is 19.1. The summed E-state index contributed by atoms with van der Waals surface area (Å²) in [6, 6.07) is 17.6. The molecular formula is C21H23NO4S. The molecule has 1 aromatic heterocycles. The third kappa shape index (κ3) is 5.35. The van der Waals surface area contributed by atoms with Crippen molar-refractivity contribution in [1.29, 1.82) is 0 Å². The summed E-state index contributed by atoms with van der Waals surface area (Å²) in [6.07, 6.45) is -0.566. The molecule has 1 atom stereocenters. The number of benzene rings is 2. The number of hydrogen-bond acceptors (Lipinski definition) is 6. The fourth-order valence-electron chi connectivity index (χ4n) is 2.64. The van der Waals surface area contributed by atoms with Gasteiger partial charge < -0.3 is 19.3 Å². The molecule has 27 heavy (non-hydrogen) atoms. The summed E-state index contributed by atoms with van der Waals surface area (Å²) in [5, 5.41) is 12.2. The molecule has 5 nitrogen and oxygen atoms in total. The van der Waals surface area contributed by atoms with Crippen LogP contribution in [0, 0.1) is 0 Å². The van der Waals surface area contributed by atoms with Gasteiger partial charge in [-0.3, -0.25) is 0 Å². The fourth-order valence-corrected chi connectivity index (χ4v) is 3.43. The van der Waals surface area contributed by atoms with Crippen LogP contribution in [0.1, 0.15) is 5.56 Å². The standard InChI is InChI=1S/C21H23NO4S/c1-24-19-9-7-15(11-20(19)25-2)12-26-13-17(23)14-27-21-10-8-16-5-3-4-6-18(16)22-21/h3-11,17,23H,12-14H2,1-2H3/t17-/m1/s1. The number of para-hydroxylation sites is 1. The van der Waals surface area contributed by atoms with E-state index < -0.39 is 6.10 Å². The first-order chi connectivity index (χ1) is 13.2. The number of rotatable bonds is 9. The Hall–Kier alpha value is -2.28. The van der Waals surface area contributed by atoms with Crippen molar-refractivity contribution in [1.82, 2.24) is 4.98 Å². The van der Waals surface area contributed by atoms with Gasteiger partial charge in [-0.15, -0.1) is 11.8 Å². The van der Waals surface area contributed by atoms with Gasteiger partial charge in [0, 0.05) is 11.1 Å². The molecule has 0 aliphatic carbocycles. The molecule has 3 aromatic rings. The van der Waals surface area contributed by atoms with Gasteiger partial charge >= 0.3 is 0 Å². The molecular weight excluding hydrogens is 362 g/mol. The van der Waals surface area contributed by atoms with E-state index >= 15 is 0 Å². The Morgan fingerprint density at radius 3 is 2.63 bits per heavy atom. The van der Waals surface area contributed by atoms with Gasteiger partial charge in [-0.05, 0) is 29.8 Å². The van der Waals surface area contributed by atoms with Gasteiger partial charge in [0.2, 0.25) is 0 Å². The Morgan fingerprint density at radius 2 is 1.81 bits per heavy atom. The van der Waals surface area contributed by atoms with Crippen LogP contribution in [0.5, 0.6) is 11.5 Å². The normalized spacial score (nSPS) is 12.1. The minimum Gasteiger partial charge on any atom is -0.493 e. The van der Waals surface area contributed by atoms with Crippen LogP contribution < -0.4 is 9.47 Å². The quantitative estimate of drug-likeness (QED) is 0.563. The van der Waals surface area contributed by atoms with Crippen LogP contribution in [0.2, 0.25) is 0 Å². The van der Waals surface area contributed by atoms with Crippen LogP contribution in [0.3, 0.4) is 0 Å². The van der Waals surface area contributed by atoms with Crippen LogP contribution in [-0.4, -0.2) is 42.8 Å². The van der Waals surface area contributed by atoms with E-state index in [0.29, 0.717) is 23.9 Å². The molecule has 0 saturated heterocycles. The van der Waals surface area contributed by atoms with E-state index in [0.717, 1.165) is 21.5 Å². The van der Waals surface area contributed by atoms with Gasteiger partial charge in [-0.1, -0.05) is 30.3 Å². The van der Waals surface area contributed by atoms with E-state index in [2.05, 4.69) is 4.98 Å².